The molecule has 1 heterocycles. The maximum Gasteiger partial charge on any atom is 0.253 e. The number of amides is 1. The highest BCUT2D eigenvalue weighted by Gasteiger charge is 2.14. The molecule has 2 aromatic carbocycles. The molecule has 3 aromatic rings. The highest BCUT2D eigenvalue weighted by molar-refractivity contribution is 5.98. The summed E-state index contributed by atoms with van der Waals surface area (Å²) in [5, 5.41) is 9.43. The van der Waals surface area contributed by atoms with E-state index in [0.29, 0.717) is 6.54 Å². The Hall–Kier alpha value is -2.62. The zero-order valence-electron chi connectivity index (χ0n) is 13.8. The number of fused-ring (bicyclic) bond motifs is 1. The summed E-state index contributed by atoms with van der Waals surface area (Å²) in [6, 6.07) is 13.9. The molecule has 0 spiro atoms. The number of aryl methyl sites for hydroxylation is 2. The summed E-state index contributed by atoms with van der Waals surface area (Å²) in [5.74, 6) is 0.0505. The first kappa shape index (κ1) is 15.3. The second kappa shape index (κ2) is 6.24. The van der Waals surface area contributed by atoms with Crippen LogP contribution in [0.1, 0.15) is 27.3 Å². The average Bonchev–Trinajstić information content (AvgIpc) is 2.89. The van der Waals surface area contributed by atoms with E-state index in [1.165, 1.54) is 5.56 Å². The van der Waals surface area contributed by atoms with Gasteiger partial charge in [0.25, 0.3) is 5.91 Å². The van der Waals surface area contributed by atoms with Crippen LogP contribution in [-0.4, -0.2) is 34.6 Å². The van der Waals surface area contributed by atoms with Crippen LogP contribution in [0.4, 0.5) is 0 Å². The van der Waals surface area contributed by atoms with Gasteiger partial charge in [-0.15, -0.1) is 0 Å². The van der Waals surface area contributed by atoms with E-state index in [0.717, 1.165) is 34.1 Å². The van der Waals surface area contributed by atoms with Crippen molar-refractivity contribution in [3.63, 3.8) is 0 Å². The number of aromatic amines is 1. The maximum atomic E-state index is 12.6. The zero-order valence-corrected chi connectivity index (χ0v) is 13.8. The molecule has 0 saturated carbocycles. The molecule has 1 N–H and O–H groups in total. The van der Waals surface area contributed by atoms with Gasteiger partial charge < -0.3 is 4.90 Å². The van der Waals surface area contributed by atoms with E-state index >= 15 is 0 Å². The fraction of sp³-hybridized carbons (Fsp3) is 0.263. The van der Waals surface area contributed by atoms with E-state index in [1.54, 1.807) is 4.90 Å². The topological polar surface area (TPSA) is 49.0 Å². The lowest BCUT2D eigenvalue weighted by Crippen LogP contribution is -2.29. The zero-order chi connectivity index (χ0) is 16.4. The summed E-state index contributed by atoms with van der Waals surface area (Å²) in [5.41, 5.74) is 4.01. The number of hydrogen-bond acceptors (Lipinski definition) is 2. The molecule has 0 fully saturated rings. The Morgan fingerprint density at radius 3 is 2.57 bits per heavy atom. The molecule has 0 aliphatic carbocycles. The van der Waals surface area contributed by atoms with Crippen molar-refractivity contribution in [3.05, 3.63) is 65.0 Å². The molecule has 0 radical (unpaired) electrons. The molecule has 0 atom stereocenters. The normalized spacial score (nSPS) is 10.9. The molecular weight excluding hydrogens is 286 g/mol. The fourth-order valence-electron chi connectivity index (χ4n) is 2.87. The van der Waals surface area contributed by atoms with E-state index in [-0.39, 0.29) is 5.91 Å². The van der Waals surface area contributed by atoms with Crippen LogP contribution in [0.2, 0.25) is 0 Å². The number of hydrogen-bond donors (Lipinski definition) is 1. The van der Waals surface area contributed by atoms with Crippen molar-refractivity contribution in [2.24, 2.45) is 0 Å². The third kappa shape index (κ3) is 3.11. The summed E-state index contributed by atoms with van der Waals surface area (Å²) in [6.07, 6.45) is 0.810. The van der Waals surface area contributed by atoms with Crippen molar-refractivity contribution < 1.29 is 4.79 Å². The molecule has 1 aromatic heterocycles. The van der Waals surface area contributed by atoms with Crippen LogP contribution in [0, 0.1) is 13.8 Å². The smallest absolute Gasteiger partial charge is 0.253 e. The van der Waals surface area contributed by atoms with Gasteiger partial charge in [0.2, 0.25) is 0 Å². The molecule has 0 bridgehead atoms. The van der Waals surface area contributed by atoms with Gasteiger partial charge in [-0.05, 0) is 48.7 Å². The van der Waals surface area contributed by atoms with E-state index < -0.39 is 0 Å². The number of benzene rings is 2. The van der Waals surface area contributed by atoms with Crippen LogP contribution >= 0.6 is 0 Å². The molecule has 118 valence electrons. The number of rotatable bonds is 4. The van der Waals surface area contributed by atoms with Crippen LogP contribution in [0.15, 0.2) is 42.5 Å². The summed E-state index contributed by atoms with van der Waals surface area (Å²) in [7, 11) is 1.85. The van der Waals surface area contributed by atoms with Gasteiger partial charge in [-0.25, -0.2) is 0 Å². The minimum absolute atomic E-state index is 0.0505. The number of likely N-dealkylation sites (N-methyl/N-ethyl adjacent to an activating group) is 1. The Balaban J connectivity index is 1.73. The van der Waals surface area contributed by atoms with Gasteiger partial charge in [-0.3, -0.25) is 9.89 Å². The SMILES string of the molecule is Cc1n[nH]c(C)c1CCN(C)C(=O)c1ccc2ccccc2c1. The quantitative estimate of drug-likeness (QED) is 0.802. The van der Waals surface area contributed by atoms with Gasteiger partial charge in [-0.2, -0.15) is 5.10 Å². The lowest BCUT2D eigenvalue weighted by molar-refractivity contribution is 0.0796. The average molecular weight is 307 g/mol. The van der Waals surface area contributed by atoms with Crippen molar-refractivity contribution in [1.29, 1.82) is 0 Å². The number of aromatic nitrogens is 2. The van der Waals surface area contributed by atoms with Crippen LogP contribution in [-0.2, 0) is 6.42 Å². The molecule has 4 nitrogen and oxygen atoms in total. The molecular formula is C19H21N3O. The van der Waals surface area contributed by atoms with Gasteiger partial charge >= 0.3 is 0 Å². The summed E-state index contributed by atoms with van der Waals surface area (Å²) >= 11 is 0. The Morgan fingerprint density at radius 2 is 1.87 bits per heavy atom. The lowest BCUT2D eigenvalue weighted by Gasteiger charge is -2.17. The molecule has 1 amide bonds. The number of nitrogens with one attached hydrogen (secondary N) is 1. The first-order valence-corrected chi connectivity index (χ1v) is 7.81. The van der Waals surface area contributed by atoms with Gasteiger partial charge in [0.15, 0.2) is 0 Å². The van der Waals surface area contributed by atoms with Crippen molar-refractivity contribution in [2.75, 3.05) is 13.6 Å². The Bertz CT molecular complexity index is 831. The van der Waals surface area contributed by atoms with E-state index in [4.69, 9.17) is 0 Å². The minimum Gasteiger partial charge on any atom is -0.341 e. The van der Waals surface area contributed by atoms with Gasteiger partial charge in [0.05, 0.1) is 5.69 Å². The molecule has 0 unspecified atom stereocenters. The number of carbonyl (C=O) groups is 1. The first-order valence-electron chi connectivity index (χ1n) is 7.81. The summed E-state index contributed by atoms with van der Waals surface area (Å²) in [4.78, 5) is 14.4. The number of carbonyl (C=O) groups excluding carboxylic acids is 1. The van der Waals surface area contributed by atoms with Gasteiger partial charge in [-0.1, -0.05) is 30.3 Å². The lowest BCUT2D eigenvalue weighted by atomic mass is 10.1. The maximum absolute atomic E-state index is 12.6. The summed E-state index contributed by atoms with van der Waals surface area (Å²) < 4.78 is 0. The second-order valence-corrected chi connectivity index (χ2v) is 5.95. The Labute approximate surface area is 136 Å². The van der Waals surface area contributed by atoms with Crippen molar-refractivity contribution in [1.82, 2.24) is 15.1 Å². The van der Waals surface area contributed by atoms with Crippen LogP contribution in [0.5, 0.6) is 0 Å². The predicted octanol–water partition coefficient (Wildman–Crippen LogP) is 3.49. The highest BCUT2D eigenvalue weighted by atomic mass is 16.2. The van der Waals surface area contributed by atoms with E-state index in [1.807, 2.05) is 57.3 Å². The van der Waals surface area contributed by atoms with Crippen molar-refractivity contribution in [3.8, 4) is 0 Å². The van der Waals surface area contributed by atoms with Gasteiger partial charge in [0, 0.05) is 24.8 Å². The molecule has 0 aliphatic rings. The van der Waals surface area contributed by atoms with E-state index in [9.17, 15) is 4.79 Å². The third-order valence-corrected chi connectivity index (χ3v) is 4.32. The second-order valence-electron chi connectivity index (χ2n) is 5.95. The predicted molar refractivity (Wildman–Crippen MR) is 92.7 cm³/mol. The van der Waals surface area contributed by atoms with Crippen molar-refractivity contribution in [2.45, 2.75) is 20.3 Å². The van der Waals surface area contributed by atoms with Crippen LogP contribution in [0.25, 0.3) is 10.8 Å². The third-order valence-electron chi connectivity index (χ3n) is 4.32. The monoisotopic (exact) mass is 307 g/mol. The van der Waals surface area contributed by atoms with Crippen LogP contribution < -0.4 is 0 Å². The summed E-state index contributed by atoms with van der Waals surface area (Å²) in [6.45, 7) is 4.68. The molecule has 3 rings (SSSR count). The molecule has 0 saturated heterocycles. The largest absolute Gasteiger partial charge is 0.341 e. The first-order chi connectivity index (χ1) is 11.1. The highest BCUT2D eigenvalue weighted by Crippen LogP contribution is 2.17. The molecule has 0 aliphatic heterocycles. The Morgan fingerprint density at radius 1 is 1.13 bits per heavy atom. The number of nitrogens with zero attached hydrogens (tertiary/aromatic N) is 2. The number of H-pyrrole nitrogens is 1. The van der Waals surface area contributed by atoms with Gasteiger partial charge in [0.1, 0.15) is 0 Å². The van der Waals surface area contributed by atoms with Crippen molar-refractivity contribution >= 4 is 16.7 Å². The van der Waals surface area contributed by atoms with Crippen LogP contribution in [0.3, 0.4) is 0 Å². The molecule has 23 heavy (non-hydrogen) atoms. The van der Waals surface area contributed by atoms with E-state index in [2.05, 4.69) is 16.3 Å². The molecule has 4 heteroatoms. The standard InChI is InChI=1S/C19H21N3O/c1-13-18(14(2)21-20-13)10-11-22(3)19(23)17-9-8-15-6-4-5-7-16(15)12-17/h4-9,12H,10-11H2,1-3H3,(H,20,21). The Kier molecular flexibility index (Phi) is 4.15. The fourth-order valence-corrected chi connectivity index (χ4v) is 2.87. The minimum atomic E-state index is 0.0505.